The number of ether oxygens (including phenoxy) is 1. The fourth-order valence-electron chi connectivity index (χ4n) is 2.45. The summed E-state index contributed by atoms with van der Waals surface area (Å²) in [5.74, 6) is 1.96. The summed E-state index contributed by atoms with van der Waals surface area (Å²) in [6, 6.07) is 0. The lowest BCUT2D eigenvalue weighted by molar-refractivity contribution is -0.147. The molecule has 1 aliphatic carbocycles. The van der Waals surface area contributed by atoms with Crippen molar-refractivity contribution in [3.8, 4) is 12.3 Å². The molecule has 0 aliphatic heterocycles. The van der Waals surface area contributed by atoms with Gasteiger partial charge in [0.2, 0.25) is 0 Å². The molecule has 0 saturated heterocycles. The Morgan fingerprint density at radius 1 is 1.50 bits per heavy atom. The zero-order valence-electron chi connectivity index (χ0n) is 12.2. The van der Waals surface area contributed by atoms with Gasteiger partial charge in [-0.15, -0.1) is 6.42 Å². The lowest BCUT2D eigenvalue weighted by Gasteiger charge is -2.13. The molecule has 0 unspecified atom stereocenters. The molecule has 1 fully saturated rings. The minimum absolute atomic E-state index is 0.00566. The fourth-order valence-corrected chi connectivity index (χ4v) is 2.72. The average molecular weight is 315 g/mol. The van der Waals surface area contributed by atoms with Crippen molar-refractivity contribution in [2.45, 2.75) is 40.2 Å². The zero-order chi connectivity index (χ0) is 15.5. The van der Waals surface area contributed by atoms with Crippen molar-refractivity contribution in [1.29, 1.82) is 0 Å². The molecule has 0 spiro atoms. The first-order valence-electron chi connectivity index (χ1n) is 6.61. The summed E-state index contributed by atoms with van der Waals surface area (Å²) in [5, 5.41) is 0. The summed E-state index contributed by atoms with van der Waals surface area (Å²) in [4.78, 5) is 12.2. The van der Waals surface area contributed by atoms with Gasteiger partial charge in [-0.25, -0.2) is 0 Å². The molecule has 0 amide bonds. The van der Waals surface area contributed by atoms with Crippen LogP contribution in [0.4, 0.5) is 0 Å². The molecular formula is C16H20Cl2O2. The summed E-state index contributed by atoms with van der Waals surface area (Å²) in [5.41, 5.74) is 0.678. The van der Waals surface area contributed by atoms with Crippen LogP contribution in [0.25, 0.3) is 0 Å². The number of hydrogen-bond donors (Lipinski definition) is 0. The van der Waals surface area contributed by atoms with Gasteiger partial charge >= 0.3 is 5.97 Å². The smallest absolute Gasteiger partial charge is 0.311 e. The Labute approximate surface area is 131 Å². The molecule has 0 radical (unpaired) electrons. The molecule has 0 bridgehead atoms. The number of hydrogen-bond acceptors (Lipinski definition) is 2. The first-order valence-corrected chi connectivity index (χ1v) is 7.37. The van der Waals surface area contributed by atoms with E-state index in [-0.39, 0.29) is 27.7 Å². The summed E-state index contributed by atoms with van der Waals surface area (Å²) >= 11 is 11.3. The number of rotatable bonds is 5. The molecule has 2 nitrogen and oxygen atoms in total. The largest absolute Gasteiger partial charge is 0.444 e. The highest BCUT2D eigenvalue weighted by atomic mass is 35.5. The van der Waals surface area contributed by atoms with Crippen LogP contribution in [-0.4, -0.2) is 12.1 Å². The predicted molar refractivity (Wildman–Crippen MR) is 83.3 cm³/mol. The third-order valence-corrected chi connectivity index (χ3v) is 4.05. The molecule has 0 aromatic rings. The number of terminal acetylenes is 1. The first-order chi connectivity index (χ1) is 9.25. The van der Waals surface area contributed by atoms with Gasteiger partial charge in [0.25, 0.3) is 0 Å². The normalized spacial score (nSPS) is 25.4. The maximum absolute atomic E-state index is 12.2. The molecule has 110 valence electrons. The van der Waals surface area contributed by atoms with Crippen molar-refractivity contribution in [3.05, 3.63) is 22.2 Å². The van der Waals surface area contributed by atoms with Crippen molar-refractivity contribution >= 4 is 29.2 Å². The third-order valence-electron chi connectivity index (χ3n) is 3.80. The Morgan fingerprint density at radius 3 is 2.55 bits per heavy atom. The Balaban J connectivity index is 2.76. The quantitative estimate of drug-likeness (QED) is 0.425. The molecular weight excluding hydrogens is 295 g/mol. The van der Waals surface area contributed by atoms with Crippen LogP contribution in [0.1, 0.15) is 34.1 Å². The van der Waals surface area contributed by atoms with Crippen LogP contribution < -0.4 is 0 Å². The van der Waals surface area contributed by atoms with E-state index in [9.17, 15) is 4.79 Å². The van der Waals surface area contributed by atoms with E-state index >= 15 is 0 Å². The van der Waals surface area contributed by atoms with Gasteiger partial charge < -0.3 is 4.74 Å². The van der Waals surface area contributed by atoms with E-state index in [0.717, 1.165) is 12.0 Å². The topological polar surface area (TPSA) is 26.3 Å². The lowest BCUT2D eigenvalue weighted by Crippen LogP contribution is -2.20. The van der Waals surface area contributed by atoms with Crippen LogP contribution in [-0.2, 0) is 9.53 Å². The molecule has 3 atom stereocenters. The van der Waals surface area contributed by atoms with Crippen LogP contribution in [0.5, 0.6) is 0 Å². The van der Waals surface area contributed by atoms with Crippen molar-refractivity contribution in [3.63, 3.8) is 0 Å². The zero-order valence-corrected chi connectivity index (χ0v) is 13.8. The number of esters is 1. The van der Waals surface area contributed by atoms with E-state index in [0.29, 0.717) is 0 Å². The Bertz CT molecular complexity index is 479. The van der Waals surface area contributed by atoms with Gasteiger partial charge in [-0.1, -0.05) is 56.0 Å². The summed E-state index contributed by atoms with van der Waals surface area (Å²) < 4.78 is 5.60. The van der Waals surface area contributed by atoms with Crippen molar-refractivity contribution in [2.75, 3.05) is 0 Å². The molecule has 0 aromatic heterocycles. The van der Waals surface area contributed by atoms with Crippen molar-refractivity contribution in [2.24, 2.45) is 17.3 Å². The molecule has 4 heteroatoms. The second-order valence-corrected chi connectivity index (χ2v) is 6.63. The third kappa shape index (κ3) is 3.81. The summed E-state index contributed by atoms with van der Waals surface area (Å²) in [7, 11) is 0. The number of halogens is 2. The van der Waals surface area contributed by atoms with Crippen LogP contribution in [0.2, 0.25) is 0 Å². The molecule has 0 aromatic carbocycles. The predicted octanol–water partition coefficient (Wildman–Crippen LogP) is 4.48. The minimum atomic E-state index is -0.602. The van der Waals surface area contributed by atoms with Crippen LogP contribution in [0, 0.1) is 29.6 Å². The lowest BCUT2D eigenvalue weighted by atomic mass is 10.1. The van der Waals surface area contributed by atoms with Gasteiger partial charge in [-0.2, -0.15) is 0 Å². The average Bonchev–Trinajstić information content (AvgIpc) is 2.86. The second-order valence-electron chi connectivity index (χ2n) is 5.62. The highest BCUT2D eigenvalue weighted by molar-refractivity contribution is 6.55. The Hall–Kier alpha value is -0.910. The highest BCUT2D eigenvalue weighted by Crippen LogP contribution is 2.60. The standard InChI is InChI=1S/C16H20Cl2O2/c1-6-8-10(3)12(7-2)20-15(19)14-11(9-13(17)18)16(14,4)5/h2,8-9,11-12,14H,6H2,1,3-5H3/t11-,12+,14+/m1/s1. The van der Waals surface area contributed by atoms with Gasteiger partial charge in [-0.3, -0.25) is 4.79 Å². The van der Waals surface area contributed by atoms with Crippen molar-refractivity contribution < 1.29 is 9.53 Å². The maximum Gasteiger partial charge on any atom is 0.311 e. The van der Waals surface area contributed by atoms with Gasteiger partial charge in [-0.05, 0) is 36.3 Å². The highest BCUT2D eigenvalue weighted by Gasteiger charge is 2.61. The van der Waals surface area contributed by atoms with Gasteiger partial charge in [0.05, 0.1) is 5.92 Å². The van der Waals surface area contributed by atoms with E-state index < -0.39 is 6.10 Å². The fraction of sp³-hybridized carbons (Fsp3) is 0.562. The Kier molecular flexibility index (Phi) is 5.74. The van der Waals surface area contributed by atoms with Gasteiger partial charge in [0.1, 0.15) is 4.49 Å². The molecule has 1 rings (SSSR count). The maximum atomic E-state index is 12.2. The molecule has 1 aliphatic rings. The number of carbonyl (C=O) groups excluding carboxylic acids is 1. The van der Waals surface area contributed by atoms with Crippen LogP contribution >= 0.6 is 23.2 Å². The van der Waals surface area contributed by atoms with Gasteiger partial charge in [0, 0.05) is 0 Å². The van der Waals surface area contributed by atoms with E-state index in [1.807, 2.05) is 33.8 Å². The van der Waals surface area contributed by atoms with E-state index in [4.69, 9.17) is 34.4 Å². The monoisotopic (exact) mass is 314 g/mol. The molecule has 0 heterocycles. The first kappa shape index (κ1) is 17.1. The van der Waals surface area contributed by atoms with Crippen molar-refractivity contribution in [1.82, 2.24) is 0 Å². The van der Waals surface area contributed by atoms with E-state index in [1.54, 1.807) is 6.08 Å². The Morgan fingerprint density at radius 2 is 2.10 bits per heavy atom. The molecule has 20 heavy (non-hydrogen) atoms. The van der Waals surface area contributed by atoms with E-state index in [1.165, 1.54) is 0 Å². The number of allylic oxidation sites excluding steroid dienone is 2. The van der Waals surface area contributed by atoms with Crippen LogP contribution in [0.3, 0.4) is 0 Å². The van der Waals surface area contributed by atoms with Crippen LogP contribution in [0.15, 0.2) is 22.2 Å². The molecule has 1 saturated carbocycles. The SMILES string of the molecule is C#C[C@H](OC(=O)[C@@H]1[C@@H](C=C(Cl)Cl)C1(C)C)C(C)=CCC. The van der Waals surface area contributed by atoms with Gasteiger partial charge in [0.15, 0.2) is 6.10 Å². The summed E-state index contributed by atoms with van der Waals surface area (Å²) in [6.45, 7) is 7.84. The molecule has 0 N–H and O–H groups in total. The second kappa shape index (κ2) is 6.70. The summed E-state index contributed by atoms with van der Waals surface area (Å²) in [6.07, 6.45) is 9.33. The van der Waals surface area contributed by atoms with E-state index in [2.05, 4.69) is 5.92 Å². The minimum Gasteiger partial charge on any atom is -0.444 e. The number of carbonyl (C=O) groups is 1.